The van der Waals surface area contributed by atoms with Crippen molar-refractivity contribution in [1.29, 1.82) is 0 Å². The standard InChI is InChI=1S/C12H22O/c1-9-6-8-12(2)7-4-3-5-10(9)11(12)13/h9-11,13H,3-8H2,1-2H3. The minimum atomic E-state index is -0.0150. The van der Waals surface area contributed by atoms with Gasteiger partial charge in [-0.05, 0) is 42.9 Å². The third-order valence-corrected chi connectivity index (χ3v) is 4.56. The normalized spacial score (nSPS) is 51.5. The molecule has 76 valence electrons. The fraction of sp³-hybridized carbons (Fsp3) is 1.00. The second-order valence-electron chi connectivity index (χ2n) is 5.52. The van der Waals surface area contributed by atoms with Gasteiger partial charge in [-0.2, -0.15) is 0 Å². The van der Waals surface area contributed by atoms with Crippen molar-refractivity contribution in [1.82, 2.24) is 0 Å². The molecule has 2 rings (SSSR count). The van der Waals surface area contributed by atoms with E-state index in [1.54, 1.807) is 0 Å². The molecule has 0 aromatic carbocycles. The molecule has 2 saturated carbocycles. The fourth-order valence-corrected chi connectivity index (χ4v) is 3.37. The second-order valence-corrected chi connectivity index (χ2v) is 5.52. The Hall–Kier alpha value is -0.0400. The van der Waals surface area contributed by atoms with Gasteiger partial charge in [0.15, 0.2) is 0 Å². The molecule has 1 N–H and O–H groups in total. The van der Waals surface area contributed by atoms with Crippen molar-refractivity contribution in [2.75, 3.05) is 0 Å². The van der Waals surface area contributed by atoms with Crippen LogP contribution in [0.25, 0.3) is 0 Å². The predicted octanol–water partition coefficient (Wildman–Crippen LogP) is 2.97. The molecule has 1 nitrogen and oxygen atoms in total. The molecule has 13 heavy (non-hydrogen) atoms. The van der Waals surface area contributed by atoms with E-state index in [9.17, 15) is 5.11 Å². The summed E-state index contributed by atoms with van der Waals surface area (Å²) >= 11 is 0. The molecule has 1 heteroatoms. The Kier molecular flexibility index (Phi) is 2.39. The highest BCUT2D eigenvalue weighted by molar-refractivity contribution is 4.95. The van der Waals surface area contributed by atoms with E-state index in [1.807, 2.05) is 0 Å². The largest absolute Gasteiger partial charge is 0.392 e. The van der Waals surface area contributed by atoms with E-state index in [-0.39, 0.29) is 11.5 Å². The van der Waals surface area contributed by atoms with Crippen LogP contribution in [0.4, 0.5) is 0 Å². The number of rotatable bonds is 0. The summed E-state index contributed by atoms with van der Waals surface area (Å²) in [6.45, 7) is 4.61. The van der Waals surface area contributed by atoms with Crippen LogP contribution in [0.5, 0.6) is 0 Å². The highest BCUT2D eigenvalue weighted by Gasteiger charge is 2.44. The Balaban J connectivity index is 2.21. The average molecular weight is 182 g/mol. The van der Waals surface area contributed by atoms with Crippen LogP contribution in [0.15, 0.2) is 0 Å². The van der Waals surface area contributed by atoms with Crippen molar-refractivity contribution in [3.63, 3.8) is 0 Å². The summed E-state index contributed by atoms with van der Waals surface area (Å²) in [5, 5.41) is 10.3. The van der Waals surface area contributed by atoms with Gasteiger partial charge in [0.05, 0.1) is 6.10 Å². The maximum atomic E-state index is 10.3. The van der Waals surface area contributed by atoms with Crippen LogP contribution in [0, 0.1) is 17.3 Å². The zero-order valence-electron chi connectivity index (χ0n) is 8.92. The summed E-state index contributed by atoms with van der Waals surface area (Å²) in [7, 11) is 0. The first-order valence-corrected chi connectivity index (χ1v) is 5.81. The van der Waals surface area contributed by atoms with E-state index in [4.69, 9.17) is 0 Å². The quantitative estimate of drug-likeness (QED) is 0.610. The minimum Gasteiger partial charge on any atom is -0.392 e. The summed E-state index contributed by atoms with van der Waals surface area (Å²) in [5.74, 6) is 1.35. The lowest BCUT2D eigenvalue weighted by Gasteiger charge is -2.44. The summed E-state index contributed by atoms with van der Waals surface area (Å²) < 4.78 is 0. The van der Waals surface area contributed by atoms with Crippen molar-refractivity contribution in [2.24, 2.45) is 17.3 Å². The summed E-state index contributed by atoms with van der Waals surface area (Å²) in [5.41, 5.74) is 0.258. The first kappa shape index (κ1) is 9.51. The molecular formula is C12H22O. The van der Waals surface area contributed by atoms with Gasteiger partial charge in [-0.1, -0.05) is 26.7 Å². The molecule has 2 fully saturated rings. The highest BCUT2D eigenvalue weighted by Crippen LogP contribution is 2.49. The number of fused-ring (bicyclic) bond motifs is 2. The minimum absolute atomic E-state index is 0.0150. The van der Waals surface area contributed by atoms with Gasteiger partial charge >= 0.3 is 0 Å². The maximum Gasteiger partial charge on any atom is 0.0624 e. The van der Waals surface area contributed by atoms with Crippen LogP contribution < -0.4 is 0 Å². The second kappa shape index (κ2) is 3.27. The Morgan fingerprint density at radius 3 is 2.69 bits per heavy atom. The molecule has 0 aromatic rings. The van der Waals surface area contributed by atoms with Crippen LogP contribution in [0.2, 0.25) is 0 Å². The lowest BCUT2D eigenvalue weighted by molar-refractivity contribution is -0.0621. The third kappa shape index (κ3) is 1.52. The van der Waals surface area contributed by atoms with Crippen LogP contribution in [-0.4, -0.2) is 11.2 Å². The third-order valence-electron chi connectivity index (χ3n) is 4.56. The lowest BCUT2D eigenvalue weighted by Crippen LogP contribution is -2.43. The van der Waals surface area contributed by atoms with Gasteiger partial charge in [0, 0.05) is 0 Å². The number of hydrogen-bond acceptors (Lipinski definition) is 1. The van der Waals surface area contributed by atoms with Crippen molar-refractivity contribution in [2.45, 2.75) is 58.5 Å². The van der Waals surface area contributed by atoms with Crippen molar-refractivity contribution in [3.8, 4) is 0 Å². The molecule has 4 atom stereocenters. The molecule has 2 aliphatic carbocycles. The van der Waals surface area contributed by atoms with Gasteiger partial charge in [-0.15, -0.1) is 0 Å². The molecule has 0 heterocycles. The average Bonchev–Trinajstić information content (AvgIpc) is 2.19. The van der Waals surface area contributed by atoms with E-state index in [1.165, 1.54) is 38.5 Å². The van der Waals surface area contributed by atoms with Crippen molar-refractivity contribution < 1.29 is 5.11 Å². The molecule has 2 aliphatic rings. The Morgan fingerprint density at radius 1 is 1.15 bits per heavy atom. The summed E-state index contributed by atoms with van der Waals surface area (Å²) in [6, 6.07) is 0. The number of aliphatic hydroxyl groups excluding tert-OH is 1. The molecule has 0 spiro atoms. The van der Waals surface area contributed by atoms with Gasteiger partial charge in [0.25, 0.3) is 0 Å². The van der Waals surface area contributed by atoms with E-state index >= 15 is 0 Å². The lowest BCUT2D eigenvalue weighted by atomic mass is 9.64. The number of aliphatic hydroxyl groups is 1. The van der Waals surface area contributed by atoms with Gasteiger partial charge in [-0.25, -0.2) is 0 Å². The smallest absolute Gasteiger partial charge is 0.0624 e. The van der Waals surface area contributed by atoms with Crippen LogP contribution >= 0.6 is 0 Å². The van der Waals surface area contributed by atoms with Gasteiger partial charge < -0.3 is 5.11 Å². The van der Waals surface area contributed by atoms with Crippen LogP contribution in [0.1, 0.15) is 52.4 Å². The van der Waals surface area contributed by atoms with E-state index in [2.05, 4.69) is 13.8 Å². The van der Waals surface area contributed by atoms with Gasteiger partial charge in [0.1, 0.15) is 0 Å². The topological polar surface area (TPSA) is 20.2 Å². The summed E-state index contributed by atoms with van der Waals surface area (Å²) in [4.78, 5) is 0. The SMILES string of the molecule is CC1CCC2(C)CCCCC1C2O. The van der Waals surface area contributed by atoms with Gasteiger partial charge in [0.2, 0.25) is 0 Å². The fourth-order valence-electron chi connectivity index (χ4n) is 3.37. The summed E-state index contributed by atoms with van der Waals surface area (Å²) in [6.07, 6.45) is 7.73. The van der Waals surface area contributed by atoms with E-state index < -0.39 is 0 Å². The maximum absolute atomic E-state index is 10.3. The molecular weight excluding hydrogens is 160 g/mol. The van der Waals surface area contributed by atoms with Crippen molar-refractivity contribution in [3.05, 3.63) is 0 Å². The Morgan fingerprint density at radius 2 is 1.92 bits per heavy atom. The molecule has 0 saturated heterocycles. The molecule has 0 amide bonds. The van der Waals surface area contributed by atoms with E-state index in [0.29, 0.717) is 5.92 Å². The predicted molar refractivity (Wildman–Crippen MR) is 54.5 cm³/mol. The number of hydrogen-bond donors (Lipinski definition) is 1. The Bertz CT molecular complexity index is 190. The monoisotopic (exact) mass is 182 g/mol. The van der Waals surface area contributed by atoms with Crippen LogP contribution in [0.3, 0.4) is 0 Å². The van der Waals surface area contributed by atoms with E-state index in [0.717, 1.165) is 5.92 Å². The molecule has 0 aliphatic heterocycles. The molecule has 0 aromatic heterocycles. The molecule has 0 radical (unpaired) electrons. The van der Waals surface area contributed by atoms with Gasteiger partial charge in [-0.3, -0.25) is 0 Å². The van der Waals surface area contributed by atoms with Crippen molar-refractivity contribution >= 4 is 0 Å². The molecule has 2 bridgehead atoms. The van der Waals surface area contributed by atoms with Crippen LogP contribution in [-0.2, 0) is 0 Å². The highest BCUT2D eigenvalue weighted by atomic mass is 16.3. The zero-order valence-corrected chi connectivity index (χ0v) is 8.92. The molecule has 4 unspecified atom stereocenters. The zero-order chi connectivity index (χ0) is 9.47. The first-order chi connectivity index (χ1) is 6.13. The Labute approximate surface area is 81.5 Å². The first-order valence-electron chi connectivity index (χ1n) is 5.81.